The highest BCUT2D eigenvalue weighted by molar-refractivity contribution is 5.90. The normalized spacial score (nSPS) is 10.2. The third kappa shape index (κ3) is 3.94. The number of rotatable bonds is 7. The van der Waals surface area contributed by atoms with E-state index in [1.807, 2.05) is 0 Å². The standard InChI is InChI=1S/C13H18N2O4/c1-3-4-5-6-14-11-7-10(13(16)17)8-12(9(11)2)15(18)19/h7-8,14H,3-6H2,1-2H3,(H,16,17). The summed E-state index contributed by atoms with van der Waals surface area (Å²) in [4.78, 5) is 21.3. The fourth-order valence-corrected chi connectivity index (χ4v) is 1.79. The lowest BCUT2D eigenvalue weighted by Crippen LogP contribution is -2.07. The van der Waals surface area contributed by atoms with Gasteiger partial charge in [-0.25, -0.2) is 4.79 Å². The fraction of sp³-hybridized carbons (Fsp3) is 0.462. The van der Waals surface area contributed by atoms with E-state index in [0.29, 0.717) is 17.8 Å². The minimum atomic E-state index is -1.17. The highest BCUT2D eigenvalue weighted by Crippen LogP contribution is 2.27. The SMILES string of the molecule is CCCCCNc1cc(C(=O)O)cc([N+](=O)[O-])c1C. The van der Waals surface area contributed by atoms with Gasteiger partial charge in [0.05, 0.1) is 10.5 Å². The summed E-state index contributed by atoms with van der Waals surface area (Å²) in [5, 5.41) is 22.9. The Morgan fingerprint density at radius 1 is 1.42 bits per heavy atom. The Labute approximate surface area is 111 Å². The Hall–Kier alpha value is -2.11. The van der Waals surface area contributed by atoms with Gasteiger partial charge in [0, 0.05) is 23.9 Å². The summed E-state index contributed by atoms with van der Waals surface area (Å²) in [6, 6.07) is 2.53. The van der Waals surface area contributed by atoms with E-state index in [4.69, 9.17) is 5.11 Å². The molecule has 1 aromatic rings. The number of carbonyl (C=O) groups is 1. The zero-order valence-corrected chi connectivity index (χ0v) is 11.1. The van der Waals surface area contributed by atoms with Crippen LogP contribution in [-0.2, 0) is 0 Å². The Morgan fingerprint density at radius 3 is 2.63 bits per heavy atom. The van der Waals surface area contributed by atoms with Crippen LogP contribution in [0.25, 0.3) is 0 Å². The van der Waals surface area contributed by atoms with Crippen molar-refractivity contribution in [2.75, 3.05) is 11.9 Å². The maximum Gasteiger partial charge on any atom is 0.336 e. The van der Waals surface area contributed by atoms with Crippen LogP contribution in [0.3, 0.4) is 0 Å². The van der Waals surface area contributed by atoms with Crippen molar-refractivity contribution in [2.24, 2.45) is 0 Å². The van der Waals surface area contributed by atoms with Gasteiger partial charge in [-0.15, -0.1) is 0 Å². The van der Waals surface area contributed by atoms with Gasteiger partial charge in [0.25, 0.3) is 5.69 Å². The molecule has 6 heteroatoms. The molecule has 0 amide bonds. The Kier molecular flexibility index (Phi) is 5.29. The van der Waals surface area contributed by atoms with Gasteiger partial charge < -0.3 is 10.4 Å². The summed E-state index contributed by atoms with van der Waals surface area (Å²) in [5.74, 6) is -1.17. The van der Waals surface area contributed by atoms with Crippen molar-refractivity contribution in [1.82, 2.24) is 0 Å². The molecule has 2 N–H and O–H groups in total. The number of carboxylic acid groups (broad SMARTS) is 1. The Morgan fingerprint density at radius 2 is 2.11 bits per heavy atom. The van der Waals surface area contributed by atoms with Crippen LogP contribution in [0.5, 0.6) is 0 Å². The molecule has 0 aliphatic carbocycles. The van der Waals surface area contributed by atoms with Crippen molar-refractivity contribution in [3.63, 3.8) is 0 Å². The molecule has 0 unspecified atom stereocenters. The van der Waals surface area contributed by atoms with E-state index in [1.165, 1.54) is 6.07 Å². The summed E-state index contributed by atoms with van der Waals surface area (Å²) >= 11 is 0. The second-order valence-corrected chi connectivity index (χ2v) is 4.36. The average Bonchev–Trinajstić information content (AvgIpc) is 2.35. The number of nitrogens with one attached hydrogen (secondary N) is 1. The third-order valence-electron chi connectivity index (χ3n) is 2.92. The van der Waals surface area contributed by atoms with Crippen LogP contribution in [0.2, 0.25) is 0 Å². The smallest absolute Gasteiger partial charge is 0.336 e. The summed E-state index contributed by atoms with van der Waals surface area (Å²) in [5.41, 5.74) is 0.738. The van der Waals surface area contributed by atoms with E-state index in [2.05, 4.69) is 12.2 Å². The molecule has 0 aliphatic heterocycles. The van der Waals surface area contributed by atoms with Crippen LogP contribution in [0.4, 0.5) is 11.4 Å². The average molecular weight is 266 g/mol. The van der Waals surface area contributed by atoms with Gasteiger partial charge in [-0.2, -0.15) is 0 Å². The summed E-state index contributed by atoms with van der Waals surface area (Å²) in [6.45, 7) is 4.38. The number of unbranched alkanes of at least 4 members (excludes halogenated alkanes) is 2. The minimum absolute atomic E-state index is 0.0738. The Balaban J connectivity index is 3.01. The topological polar surface area (TPSA) is 92.5 Å². The largest absolute Gasteiger partial charge is 0.478 e. The number of nitrogens with zero attached hydrogens (tertiary/aromatic N) is 1. The van der Waals surface area contributed by atoms with E-state index in [9.17, 15) is 14.9 Å². The molecule has 1 aromatic carbocycles. The number of carboxylic acids is 1. The number of anilines is 1. The predicted molar refractivity (Wildman–Crippen MR) is 72.8 cm³/mol. The lowest BCUT2D eigenvalue weighted by molar-refractivity contribution is -0.385. The third-order valence-corrected chi connectivity index (χ3v) is 2.92. The van der Waals surface area contributed by atoms with Gasteiger partial charge in [-0.3, -0.25) is 10.1 Å². The van der Waals surface area contributed by atoms with Crippen molar-refractivity contribution in [2.45, 2.75) is 33.1 Å². The molecule has 6 nitrogen and oxygen atoms in total. The molecule has 0 fully saturated rings. The first-order valence-corrected chi connectivity index (χ1v) is 6.23. The zero-order chi connectivity index (χ0) is 14.4. The van der Waals surface area contributed by atoms with Crippen LogP contribution in [-0.4, -0.2) is 22.5 Å². The molecule has 0 aromatic heterocycles. The van der Waals surface area contributed by atoms with E-state index in [1.54, 1.807) is 6.92 Å². The highest BCUT2D eigenvalue weighted by Gasteiger charge is 2.18. The van der Waals surface area contributed by atoms with E-state index in [-0.39, 0.29) is 11.3 Å². The maximum atomic E-state index is 11.0. The van der Waals surface area contributed by atoms with Gasteiger partial charge in [0.1, 0.15) is 0 Å². The van der Waals surface area contributed by atoms with Crippen LogP contribution in [0.15, 0.2) is 12.1 Å². The van der Waals surface area contributed by atoms with Crippen LogP contribution in [0, 0.1) is 17.0 Å². The molecule has 1 rings (SSSR count). The first-order chi connectivity index (χ1) is 8.97. The molecular weight excluding hydrogens is 248 g/mol. The van der Waals surface area contributed by atoms with Crippen LogP contribution in [0.1, 0.15) is 42.1 Å². The van der Waals surface area contributed by atoms with Gasteiger partial charge in [-0.05, 0) is 19.4 Å². The molecule has 0 saturated carbocycles. The molecule has 0 bridgehead atoms. The van der Waals surface area contributed by atoms with Gasteiger partial charge in [0.15, 0.2) is 0 Å². The molecule has 0 atom stereocenters. The zero-order valence-electron chi connectivity index (χ0n) is 11.1. The number of nitro benzene ring substituents is 1. The Bertz CT molecular complexity index is 486. The second-order valence-electron chi connectivity index (χ2n) is 4.36. The predicted octanol–water partition coefficient (Wildman–Crippen LogP) is 3.20. The van der Waals surface area contributed by atoms with Gasteiger partial charge >= 0.3 is 5.97 Å². The van der Waals surface area contributed by atoms with E-state index < -0.39 is 10.9 Å². The van der Waals surface area contributed by atoms with Crippen molar-refractivity contribution in [3.8, 4) is 0 Å². The number of hydrogen-bond acceptors (Lipinski definition) is 4. The van der Waals surface area contributed by atoms with E-state index >= 15 is 0 Å². The van der Waals surface area contributed by atoms with Crippen LogP contribution < -0.4 is 5.32 Å². The van der Waals surface area contributed by atoms with Crippen LogP contribution >= 0.6 is 0 Å². The quantitative estimate of drug-likeness (QED) is 0.449. The first-order valence-electron chi connectivity index (χ1n) is 6.23. The number of aromatic carboxylic acids is 1. The fourth-order valence-electron chi connectivity index (χ4n) is 1.79. The molecule has 19 heavy (non-hydrogen) atoms. The molecule has 0 spiro atoms. The highest BCUT2D eigenvalue weighted by atomic mass is 16.6. The van der Waals surface area contributed by atoms with Crippen molar-refractivity contribution < 1.29 is 14.8 Å². The summed E-state index contributed by atoms with van der Waals surface area (Å²) in [6.07, 6.45) is 3.09. The van der Waals surface area contributed by atoms with Crippen molar-refractivity contribution in [3.05, 3.63) is 33.4 Å². The van der Waals surface area contributed by atoms with E-state index in [0.717, 1.165) is 25.3 Å². The molecule has 0 saturated heterocycles. The molecule has 0 radical (unpaired) electrons. The molecule has 0 aliphatic rings. The van der Waals surface area contributed by atoms with Gasteiger partial charge in [0.2, 0.25) is 0 Å². The molecule has 0 heterocycles. The van der Waals surface area contributed by atoms with Gasteiger partial charge in [-0.1, -0.05) is 19.8 Å². The van der Waals surface area contributed by atoms with Crippen molar-refractivity contribution >= 4 is 17.3 Å². The molecular formula is C13H18N2O4. The number of nitro groups is 1. The minimum Gasteiger partial charge on any atom is -0.478 e. The maximum absolute atomic E-state index is 11.0. The molecule has 104 valence electrons. The van der Waals surface area contributed by atoms with Crippen molar-refractivity contribution in [1.29, 1.82) is 0 Å². The second kappa shape index (κ2) is 6.72. The summed E-state index contributed by atoms with van der Waals surface area (Å²) in [7, 11) is 0. The monoisotopic (exact) mass is 266 g/mol. The summed E-state index contributed by atoms with van der Waals surface area (Å²) < 4.78 is 0. The number of benzene rings is 1. The lowest BCUT2D eigenvalue weighted by Gasteiger charge is -2.10. The number of hydrogen-bond donors (Lipinski definition) is 2. The first kappa shape index (κ1) is 14.9. The lowest BCUT2D eigenvalue weighted by atomic mass is 10.1.